The van der Waals surface area contributed by atoms with Crippen molar-refractivity contribution in [3.05, 3.63) is 0 Å². The van der Waals surface area contributed by atoms with Crippen molar-refractivity contribution < 1.29 is 14.7 Å². The molecule has 0 aromatic rings. The minimum absolute atomic E-state index is 0.127. The number of carbonyl (C=O) groups excluding carboxylic acids is 1. The molecule has 70 valence electrons. The molecular formula is C9H11NO3. The van der Waals surface area contributed by atoms with E-state index in [0.29, 0.717) is 13.0 Å². The Morgan fingerprint density at radius 1 is 1.62 bits per heavy atom. The monoisotopic (exact) mass is 181 g/mol. The summed E-state index contributed by atoms with van der Waals surface area (Å²) in [4.78, 5) is 23.2. The summed E-state index contributed by atoms with van der Waals surface area (Å²) in [5.74, 6) is 1.13. The van der Waals surface area contributed by atoms with Crippen LogP contribution in [0.1, 0.15) is 13.3 Å². The van der Waals surface area contributed by atoms with Gasteiger partial charge in [-0.2, -0.15) is 0 Å². The van der Waals surface area contributed by atoms with E-state index < -0.39 is 11.4 Å². The van der Waals surface area contributed by atoms with Crippen LogP contribution < -0.4 is 0 Å². The summed E-state index contributed by atoms with van der Waals surface area (Å²) in [6, 6.07) is 0. The fraction of sp³-hybridized carbons (Fsp3) is 0.556. The quantitative estimate of drug-likeness (QED) is 0.577. The van der Waals surface area contributed by atoms with Crippen LogP contribution >= 0.6 is 0 Å². The number of rotatable bonds is 1. The normalized spacial score (nSPS) is 26.9. The van der Waals surface area contributed by atoms with Gasteiger partial charge in [-0.05, 0) is 6.42 Å². The zero-order valence-corrected chi connectivity index (χ0v) is 7.41. The molecule has 0 bridgehead atoms. The molecule has 1 saturated heterocycles. The van der Waals surface area contributed by atoms with E-state index in [1.54, 1.807) is 0 Å². The smallest absolute Gasteiger partial charge is 0.323 e. The molecule has 13 heavy (non-hydrogen) atoms. The first kappa shape index (κ1) is 9.59. The molecule has 0 spiro atoms. The number of hydrogen-bond acceptors (Lipinski definition) is 2. The van der Waals surface area contributed by atoms with Crippen LogP contribution in [0.3, 0.4) is 0 Å². The highest BCUT2D eigenvalue weighted by atomic mass is 16.4. The molecule has 4 heteroatoms. The Labute approximate surface area is 76.5 Å². The Bertz CT molecular complexity index is 292. The van der Waals surface area contributed by atoms with Crippen molar-refractivity contribution in [2.45, 2.75) is 13.3 Å². The molecule has 1 N–H and O–H groups in total. The summed E-state index contributed by atoms with van der Waals surface area (Å²) < 4.78 is 0. The Balaban J connectivity index is 2.82. The molecule has 1 unspecified atom stereocenters. The van der Waals surface area contributed by atoms with Gasteiger partial charge in [0.25, 0.3) is 0 Å². The Hall–Kier alpha value is -1.50. The number of carboxylic acids is 1. The van der Waals surface area contributed by atoms with Crippen LogP contribution in [0.15, 0.2) is 0 Å². The van der Waals surface area contributed by atoms with Crippen LogP contribution in [0.4, 0.5) is 0 Å². The first-order valence-corrected chi connectivity index (χ1v) is 3.98. The number of aliphatic carboxylic acids is 1. The lowest BCUT2D eigenvalue weighted by atomic mass is 9.89. The summed E-state index contributed by atoms with van der Waals surface area (Å²) >= 11 is 0. The highest BCUT2D eigenvalue weighted by molar-refractivity contribution is 5.82. The minimum Gasteiger partial charge on any atom is -0.480 e. The summed E-state index contributed by atoms with van der Waals surface area (Å²) in [7, 11) is 0. The predicted molar refractivity (Wildman–Crippen MR) is 45.8 cm³/mol. The second-order valence-corrected chi connectivity index (χ2v) is 3.22. The van der Waals surface area contributed by atoms with Crippen molar-refractivity contribution in [3.63, 3.8) is 0 Å². The van der Waals surface area contributed by atoms with E-state index in [-0.39, 0.29) is 12.5 Å². The topological polar surface area (TPSA) is 57.6 Å². The van der Waals surface area contributed by atoms with E-state index in [1.807, 2.05) is 0 Å². The first-order chi connectivity index (χ1) is 6.02. The van der Waals surface area contributed by atoms with Crippen molar-refractivity contribution >= 4 is 11.9 Å². The number of terminal acetylenes is 1. The van der Waals surface area contributed by atoms with Crippen LogP contribution in [0.5, 0.6) is 0 Å². The maximum absolute atomic E-state index is 10.9. The molecule has 1 rings (SSSR count). The van der Waals surface area contributed by atoms with Crippen LogP contribution in [0.25, 0.3) is 0 Å². The van der Waals surface area contributed by atoms with Crippen LogP contribution in [-0.4, -0.2) is 35.0 Å². The van der Waals surface area contributed by atoms with Gasteiger partial charge in [-0.15, -0.1) is 6.42 Å². The van der Waals surface area contributed by atoms with Gasteiger partial charge in [0.15, 0.2) is 0 Å². The second kappa shape index (κ2) is 3.09. The van der Waals surface area contributed by atoms with Gasteiger partial charge >= 0.3 is 5.97 Å². The van der Waals surface area contributed by atoms with E-state index in [1.165, 1.54) is 11.8 Å². The van der Waals surface area contributed by atoms with Gasteiger partial charge in [-0.25, -0.2) is 0 Å². The van der Waals surface area contributed by atoms with Crippen LogP contribution in [-0.2, 0) is 9.59 Å². The Morgan fingerprint density at radius 3 is 2.46 bits per heavy atom. The Morgan fingerprint density at radius 2 is 2.23 bits per heavy atom. The molecule has 1 amide bonds. The zero-order valence-electron chi connectivity index (χ0n) is 7.41. The molecule has 1 fully saturated rings. The molecule has 1 atom stereocenters. The molecule has 0 aliphatic carbocycles. The fourth-order valence-corrected chi connectivity index (χ4v) is 1.43. The number of carbonyl (C=O) groups is 2. The number of amides is 1. The summed E-state index contributed by atoms with van der Waals surface area (Å²) in [5, 5.41) is 8.88. The summed E-state index contributed by atoms with van der Waals surface area (Å²) in [6.45, 7) is 1.98. The third-order valence-electron chi connectivity index (χ3n) is 2.40. The minimum atomic E-state index is -1.16. The van der Waals surface area contributed by atoms with Crippen LogP contribution in [0, 0.1) is 17.8 Å². The number of nitrogens with zero attached hydrogens (tertiary/aromatic N) is 1. The molecule has 4 nitrogen and oxygen atoms in total. The molecule has 0 saturated carbocycles. The van der Waals surface area contributed by atoms with E-state index in [9.17, 15) is 9.59 Å². The largest absolute Gasteiger partial charge is 0.480 e. The summed E-state index contributed by atoms with van der Waals surface area (Å²) in [6.07, 6.45) is 5.51. The maximum Gasteiger partial charge on any atom is 0.323 e. The second-order valence-electron chi connectivity index (χ2n) is 3.22. The lowest BCUT2D eigenvalue weighted by molar-refractivity contribution is -0.145. The van der Waals surface area contributed by atoms with Gasteiger partial charge in [0.1, 0.15) is 5.41 Å². The average Bonchev–Trinajstić information content (AvgIpc) is 2.49. The van der Waals surface area contributed by atoms with Gasteiger partial charge in [-0.1, -0.05) is 5.92 Å². The lowest BCUT2D eigenvalue weighted by Crippen LogP contribution is -2.34. The highest BCUT2D eigenvalue weighted by Gasteiger charge is 2.44. The van der Waals surface area contributed by atoms with Gasteiger partial charge in [0.05, 0.1) is 0 Å². The van der Waals surface area contributed by atoms with Crippen molar-refractivity contribution in [2.24, 2.45) is 5.41 Å². The average molecular weight is 181 g/mol. The molecule has 1 heterocycles. The highest BCUT2D eigenvalue weighted by Crippen LogP contribution is 2.29. The van der Waals surface area contributed by atoms with E-state index >= 15 is 0 Å². The van der Waals surface area contributed by atoms with E-state index in [2.05, 4.69) is 5.92 Å². The molecular weight excluding hydrogens is 170 g/mol. The predicted octanol–water partition coefficient (Wildman–Crippen LogP) is -0.0572. The van der Waals surface area contributed by atoms with Crippen molar-refractivity contribution in [1.82, 2.24) is 4.90 Å². The summed E-state index contributed by atoms with van der Waals surface area (Å²) in [5.41, 5.74) is -1.16. The lowest BCUT2D eigenvalue weighted by Gasteiger charge is -2.17. The number of likely N-dealkylation sites (tertiary alicyclic amines) is 1. The van der Waals surface area contributed by atoms with Gasteiger partial charge in [0, 0.05) is 20.0 Å². The standard InChI is InChI=1S/C9H11NO3/c1-3-9(8(12)13)4-5-10(6-9)7(2)11/h1H,4-6H2,2H3,(H,12,13). The van der Waals surface area contributed by atoms with Crippen LogP contribution in [0.2, 0.25) is 0 Å². The third-order valence-corrected chi connectivity index (χ3v) is 2.40. The molecule has 0 aromatic heterocycles. The Kier molecular flexibility index (Phi) is 2.28. The van der Waals surface area contributed by atoms with Gasteiger partial charge < -0.3 is 10.0 Å². The third kappa shape index (κ3) is 1.50. The first-order valence-electron chi connectivity index (χ1n) is 3.98. The molecule has 1 aliphatic rings. The molecule has 1 aliphatic heterocycles. The van der Waals surface area contributed by atoms with Crippen molar-refractivity contribution in [2.75, 3.05) is 13.1 Å². The zero-order chi connectivity index (χ0) is 10.1. The fourth-order valence-electron chi connectivity index (χ4n) is 1.43. The molecule has 0 aromatic carbocycles. The SMILES string of the molecule is C#CC1(C(=O)O)CCN(C(C)=O)C1. The molecule has 0 radical (unpaired) electrons. The van der Waals surface area contributed by atoms with E-state index in [4.69, 9.17) is 11.5 Å². The van der Waals surface area contributed by atoms with Gasteiger partial charge in [0.2, 0.25) is 5.91 Å². The van der Waals surface area contributed by atoms with E-state index in [0.717, 1.165) is 0 Å². The van der Waals surface area contributed by atoms with Gasteiger partial charge in [-0.3, -0.25) is 9.59 Å². The van der Waals surface area contributed by atoms with Crippen molar-refractivity contribution in [1.29, 1.82) is 0 Å². The number of carboxylic acid groups (broad SMARTS) is 1. The maximum atomic E-state index is 10.9. The number of hydrogen-bond donors (Lipinski definition) is 1. The van der Waals surface area contributed by atoms with Crippen molar-refractivity contribution in [3.8, 4) is 12.3 Å².